The van der Waals surface area contributed by atoms with Crippen LogP contribution in [0.25, 0.3) is 11.0 Å². The molecule has 110 valence electrons. The smallest absolute Gasteiger partial charge is 0.434 e. The second kappa shape index (κ2) is 4.42. The number of nitrogens with two attached hydrogens (primary N) is 1. The first kappa shape index (κ1) is 14.2. The molecular weight excluding hydrogens is 296 g/mol. The highest BCUT2D eigenvalue weighted by Crippen LogP contribution is 2.38. The van der Waals surface area contributed by atoms with Crippen LogP contribution < -0.4 is 10.5 Å². The summed E-state index contributed by atoms with van der Waals surface area (Å²) in [6.07, 6.45) is -15.3. The number of halogens is 6. The van der Waals surface area contributed by atoms with Gasteiger partial charge < -0.3 is 10.5 Å². The lowest BCUT2D eigenvalue weighted by molar-refractivity contribution is -0.299. The number of hydrogen-bond acceptors (Lipinski definition) is 5. The molecule has 0 saturated carbocycles. The molecule has 11 heteroatoms. The van der Waals surface area contributed by atoms with Crippen molar-refractivity contribution in [3.63, 3.8) is 0 Å². The molecule has 0 aliphatic rings. The maximum Gasteiger partial charge on any atom is 0.434 e. The molecule has 0 saturated heterocycles. The Bertz CT molecular complexity index is 606. The van der Waals surface area contributed by atoms with Crippen molar-refractivity contribution < 1.29 is 35.7 Å². The van der Waals surface area contributed by atoms with Crippen LogP contribution in [0.5, 0.6) is 5.75 Å². The molecule has 2 N–H and O–H groups in total. The predicted octanol–water partition coefficient (Wildman–Crippen LogP) is 2.68. The van der Waals surface area contributed by atoms with Gasteiger partial charge in [-0.15, -0.1) is 0 Å². The van der Waals surface area contributed by atoms with Crippen molar-refractivity contribution >= 4 is 16.7 Å². The Labute approximate surface area is 106 Å². The minimum atomic E-state index is -5.64. The Kier molecular flexibility index (Phi) is 3.14. The van der Waals surface area contributed by atoms with Crippen LogP contribution in [0.3, 0.4) is 0 Å². The van der Waals surface area contributed by atoms with E-state index in [0.29, 0.717) is 0 Å². The van der Waals surface area contributed by atoms with Gasteiger partial charge >= 0.3 is 12.4 Å². The fourth-order valence-electron chi connectivity index (χ4n) is 1.40. The highest BCUT2D eigenvalue weighted by molar-refractivity contribution is 5.90. The molecule has 1 heterocycles. The van der Waals surface area contributed by atoms with Gasteiger partial charge in [-0.1, -0.05) is 0 Å². The summed E-state index contributed by atoms with van der Waals surface area (Å²) in [5.41, 5.74) is 4.77. The Hall–Kier alpha value is -2.20. The molecule has 0 bridgehead atoms. The number of ether oxygens (including phenoxy) is 1. The number of aromatic nitrogens is 2. The van der Waals surface area contributed by atoms with Gasteiger partial charge in [-0.2, -0.15) is 26.3 Å². The number of benzene rings is 1. The summed E-state index contributed by atoms with van der Waals surface area (Å²) in [4.78, 5) is 0. The van der Waals surface area contributed by atoms with Crippen LogP contribution in [-0.4, -0.2) is 28.8 Å². The molecule has 0 amide bonds. The summed E-state index contributed by atoms with van der Waals surface area (Å²) in [6.45, 7) is 0. The normalized spacial score (nSPS) is 13.2. The summed E-state index contributed by atoms with van der Waals surface area (Å²) in [7, 11) is 0. The quantitative estimate of drug-likeness (QED) is 0.682. The second-order valence-corrected chi connectivity index (χ2v) is 3.70. The van der Waals surface area contributed by atoms with E-state index in [-0.39, 0.29) is 11.2 Å². The number of nitrogen functional groups attached to an aromatic ring is 1. The molecule has 0 aliphatic heterocycles. The Balaban J connectivity index is 2.44. The molecule has 20 heavy (non-hydrogen) atoms. The van der Waals surface area contributed by atoms with Crippen molar-refractivity contribution in [2.75, 3.05) is 5.73 Å². The second-order valence-electron chi connectivity index (χ2n) is 3.70. The number of rotatable bonds is 2. The fourth-order valence-corrected chi connectivity index (χ4v) is 1.40. The van der Waals surface area contributed by atoms with Crippen molar-refractivity contribution in [1.82, 2.24) is 10.3 Å². The average molecular weight is 301 g/mol. The molecule has 1 aromatic heterocycles. The van der Waals surface area contributed by atoms with Gasteiger partial charge in [-0.25, -0.2) is 4.63 Å². The van der Waals surface area contributed by atoms with Gasteiger partial charge in [0.1, 0.15) is 0 Å². The standard InChI is InChI=1S/C9H5F6N3O2/c10-8(11,12)7(9(13,14)15)19-4-2-1-3(16)5-6(4)18-20-17-5/h1-2,7H,16H2. The van der Waals surface area contributed by atoms with Crippen LogP contribution in [0.1, 0.15) is 0 Å². The van der Waals surface area contributed by atoms with Crippen molar-refractivity contribution in [3.8, 4) is 5.75 Å². The van der Waals surface area contributed by atoms with E-state index in [4.69, 9.17) is 5.73 Å². The number of fused-ring (bicyclic) bond motifs is 1. The summed E-state index contributed by atoms with van der Waals surface area (Å²) in [6, 6.07) is 1.86. The van der Waals surface area contributed by atoms with E-state index in [9.17, 15) is 26.3 Å². The molecule has 2 rings (SSSR count). The summed E-state index contributed by atoms with van der Waals surface area (Å²) in [5, 5.41) is 6.43. The topological polar surface area (TPSA) is 74.2 Å². The first-order valence-electron chi connectivity index (χ1n) is 4.91. The lowest BCUT2D eigenvalue weighted by Gasteiger charge is -2.23. The van der Waals surface area contributed by atoms with E-state index in [2.05, 4.69) is 19.7 Å². The number of hydrogen-bond donors (Lipinski definition) is 1. The van der Waals surface area contributed by atoms with Gasteiger partial charge in [0.25, 0.3) is 6.10 Å². The average Bonchev–Trinajstić information content (AvgIpc) is 2.74. The van der Waals surface area contributed by atoms with E-state index in [1.54, 1.807) is 0 Å². The molecule has 2 aromatic rings. The number of anilines is 1. The number of alkyl halides is 6. The van der Waals surface area contributed by atoms with E-state index in [1.807, 2.05) is 0 Å². The molecule has 1 aromatic carbocycles. The van der Waals surface area contributed by atoms with Crippen molar-refractivity contribution in [1.29, 1.82) is 0 Å². The molecule has 0 spiro atoms. The lowest BCUT2D eigenvalue weighted by atomic mass is 10.2. The van der Waals surface area contributed by atoms with Crippen LogP contribution >= 0.6 is 0 Å². The minimum Gasteiger partial charge on any atom is -0.469 e. The van der Waals surface area contributed by atoms with Crippen LogP contribution in [0, 0.1) is 0 Å². The minimum absolute atomic E-state index is 0.0239. The zero-order valence-corrected chi connectivity index (χ0v) is 9.29. The predicted molar refractivity (Wildman–Crippen MR) is 52.7 cm³/mol. The van der Waals surface area contributed by atoms with Crippen LogP contribution in [0.4, 0.5) is 32.0 Å². The molecule has 0 radical (unpaired) electrons. The van der Waals surface area contributed by atoms with Gasteiger partial charge in [-0.3, -0.25) is 0 Å². The maximum absolute atomic E-state index is 12.4. The third kappa shape index (κ3) is 2.56. The van der Waals surface area contributed by atoms with Crippen LogP contribution in [0.15, 0.2) is 16.8 Å². The van der Waals surface area contributed by atoms with Crippen LogP contribution in [-0.2, 0) is 0 Å². The first-order valence-corrected chi connectivity index (χ1v) is 4.91. The zero-order chi connectivity index (χ0) is 15.1. The van der Waals surface area contributed by atoms with Crippen molar-refractivity contribution in [3.05, 3.63) is 12.1 Å². The summed E-state index contributed by atoms with van der Waals surface area (Å²) < 4.78 is 82.5. The van der Waals surface area contributed by atoms with Gasteiger partial charge in [-0.05, 0) is 22.4 Å². The largest absolute Gasteiger partial charge is 0.469 e. The molecule has 0 fully saturated rings. The van der Waals surface area contributed by atoms with E-state index in [0.717, 1.165) is 12.1 Å². The van der Waals surface area contributed by atoms with Crippen molar-refractivity contribution in [2.24, 2.45) is 0 Å². The van der Waals surface area contributed by atoms with Gasteiger partial charge in [0.15, 0.2) is 16.8 Å². The Morgan fingerprint density at radius 3 is 2.10 bits per heavy atom. The monoisotopic (exact) mass is 301 g/mol. The van der Waals surface area contributed by atoms with Gasteiger partial charge in [0.05, 0.1) is 5.69 Å². The lowest BCUT2D eigenvalue weighted by Crippen LogP contribution is -2.46. The molecule has 0 aliphatic carbocycles. The third-order valence-corrected chi connectivity index (χ3v) is 2.25. The maximum atomic E-state index is 12.4. The van der Waals surface area contributed by atoms with E-state index < -0.39 is 29.7 Å². The number of nitrogens with zero attached hydrogens (tertiary/aromatic N) is 2. The highest BCUT2D eigenvalue weighted by Gasteiger charge is 2.59. The Morgan fingerprint density at radius 2 is 1.55 bits per heavy atom. The van der Waals surface area contributed by atoms with Crippen LogP contribution in [0.2, 0.25) is 0 Å². The summed E-state index contributed by atoms with van der Waals surface area (Å²) >= 11 is 0. The fraction of sp³-hybridized carbons (Fsp3) is 0.333. The molecular formula is C9H5F6N3O2. The van der Waals surface area contributed by atoms with Gasteiger partial charge in [0.2, 0.25) is 0 Å². The molecule has 0 atom stereocenters. The molecule has 5 nitrogen and oxygen atoms in total. The summed E-state index contributed by atoms with van der Waals surface area (Å²) in [5.74, 6) is -0.782. The van der Waals surface area contributed by atoms with Crippen molar-refractivity contribution in [2.45, 2.75) is 18.5 Å². The zero-order valence-electron chi connectivity index (χ0n) is 9.29. The van der Waals surface area contributed by atoms with E-state index >= 15 is 0 Å². The third-order valence-electron chi connectivity index (χ3n) is 2.25. The Morgan fingerprint density at radius 1 is 1.00 bits per heavy atom. The SMILES string of the molecule is Nc1ccc(OC(C(F)(F)F)C(F)(F)F)c2nonc12. The van der Waals surface area contributed by atoms with Gasteiger partial charge in [0, 0.05) is 0 Å². The first-order chi connectivity index (χ1) is 9.10. The highest BCUT2D eigenvalue weighted by atomic mass is 19.4. The van der Waals surface area contributed by atoms with E-state index in [1.165, 1.54) is 0 Å². The molecule has 0 unspecified atom stereocenters.